The predicted molar refractivity (Wildman–Crippen MR) is 445 cm³/mol. The van der Waals surface area contributed by atoms with E-state index < -0.39 is 120 Å². The molecule has 502 valence electrons. The molecule has 0 unspecified atom stereocenters. The molecule has 0 bridgehead atoms. The topological polar surface area (TPSA) is 22.3 Å². The van der Waals surface area contributed by atoms with Crippen LogP contribution in [0.15, 0.2) is 370 Å². The average molecular weight is 1380 g/mol. The van der Waals surface area contributed by atoms with Crippen LogP contribution in [0.25, 0.3) is 99.5 Å². The van der Waals surface area contributed by atoms with Gasteiger partial charge in [-0.15, -0.1) is 0 Å². The molecule has 0 saturated carbocycles. The van der Waals surface area contributed by atoms with Gasteiger partial charge in [0.1, 0.15) is 11.5 Å². The first-order chi connectivity index (χ1) is 59.4. The van der Waals surface area contributed by atoms with Gasteiger partial charge in [0.05, 0.1) is 60.5 Å². The fourth-order valence-corrected chi connectivity index (χ4v) is 18.5. The van der Waals surface area contributed by atoms with E-state index in [0.29, 0.717) is 39.5 Å². The lowest BCUT2D eigenvalue weighted by molar-refractivity contribution is 0.483. The molecule has 0 saturated heterocycles. The number of benzene rings is 16. The van der Waals surface area contributed by atoms with Gasteiger partial charge in [-0.05, 0) is 172 Å². The Bertz CT molecular complexity index is 7310. The van der Waals surface area contributed by atoms with Gasteiger partial charge in [-0.1, -0.05) is 318 Å². The first-order valence-electron chi connectivity index (χ1n) is 44.2. The SMILES string of the molecule is [2H]c1c([2H])c([2H])c2c(c1[2H])c1c([2H])c([2H])c([2H])c([2H])c1n2-c1ccc2c(c1)Oc1cc(C(C)(C)C)cc3c1B2c1ccc(-n2c4c([2H])c([2H])c([2H])c([2H])c4c4c([2H])c([2H])c([2H])c([2H])c42)cc1N3c1c(-c2ccc3c(c2)C(c2ccccc2)(c2ccccc2)c2ccccc2-3)cccc1-c1ccc2c(c1)C(c1ccccc1)(c1ccccc1)c1ccccc1-2. The molecule has 22 rings (SSSR count). The Hall–Kier alpha value is -13.2. The summed E-state index contributed by atoms with van der Waals surface area (Å²) in [6, 6.07) is 87.4. The highest BCUT2D eigenvalue weighted by Gasteiger charge is 2.50. The van der Waals surface area contributed by atoms with Crippen LogP contribution in [0.3, 0.4) is 0 Å². The van der Waals surface area contributed by atoms with Gasteiger partial charge in [0, 0.05) is 61.5 Å². The summed E-state index contributed by atoms with van der Waals surface area (Å²) in [5, 5.41) is -0.322. The largest absolute Gasteiger partial charge is 0.458 e. The summed E-state index contributed by atoms with van der Waals surface area (Å²) in [7, 11) is 0. The van der Waals surface area contributed by atoms with Crippen molar-refractivity contribution in [1.82, 2.24) is 9.13 Å². The Balaban J connectivity index is 0.888. The van der Waals surface area contributed by atoms with Gasteiger partial charge in [-0.3, -0.25) is 0 Å². The number of hydrogen-bond donors (Lipinski definition) is 0. The lowest BCUT2D eigenvalue weighted by atomic mass is 9.34. The molecule has 18 aromatic rings. The van der Waals surface area contributed by atoms with Crippen LogP contribution in [0.5, 0.6) is 11.5 Å². The van der Waals surface area contributed by atoms with E-state index in [0.717, 1.165) is 106 Å². The Morgan fingerprint density at radius 1 is 0.327 bits per heavy atom. The highest BCUT2D eigenvalue weighted by atomic mass is 16.5. The molecule has 0 amide bonds. The Kier molecular flexibility index (Phi) is 10.2. The molecule has 0 fully saturated rings. The maximum Gasteiger partial charge on any atom is 0.256 e. The van der Waals surface area contributed by atoms with E-state index in [-0.39, 0.29) is 49.3 Å². The number of para-hydroxylation sites is 5. The second-order valence-corrected chi connectivity index (χ2v) is 29.3. The van der Waals surface area contributed by atoms with E-state index in [1.165, 1.54) is 4.57 Å². The van der Waals surface area contributed by atoms with Crippen LogP contribution in [-0.4, -0.2) is 15.8 Å². The molecule has 4 aliphatic rings. The Labute approximate surface area is 645 Å². The quantitative estimate of drug-likeness (QED) is 0.134. The van der Waals surface area contributed by atoms with Crippen LogP contribution in [0.1, 0.15) is 92.8 Å². The predicted octanol–water partition coefficient (Wildman–Crippen LogP) is 23.6. The molecular formula is C102H70BN3O. The maximum absolute atomic E-state index is 9.94. The number of nitrogens with zero attached hydrogens (tertiary/aromatic N) is 3. The zero-order valence-electron chi connectivity index (χ0n) is 74.3. The van der Waals surface area contributed by atoms with Crippen LogP contribution in [-0.2, 0) is 16.2 Å². The van der Waals surface area contributed by atoms with Crippen molar-refractivity contribution in [2.24, 2.45) is 0 Å². The fourth-order valence-electron chi connectivity index (χ4n) is 18.5. The van der Waals surface area contributed by atoms with Crippen molar-refractivity contribution in [2.45, 2.75) is 37.0 Å². The highest BCUT2D eigenvalue weighted by Crippen LogP contribution is 2.61. The number of anilines is 3. The minimum atomic E-state index is -0.845. The van der Waals surface area contributed by atoms with E-state index in [4.69, 9.17) is 13.0 Å². The molecule has 0 spiro atoms. The zero-order chi connectivity index (χ0) is 84.8. The van der Waals surface area contributed by atoms with E-state index in [2.05, 4.69) is 238 Å². The minimum absolute atomic E-state index is 0.0608. The van der Waals surface area contributed by atoms with Crippen LogP contribution < -0.4 is 26.0 Å². The minimum Gasteiger partial charge on any atom is -0.458 e. The highest BCUT2D eigenvalue weighted by molar-refractivity contribution is 6.99. The molecular weight excluding hydrogens is 1290 g/mol. The average Bonchev–Trinajstić information content (AvgIpc) is 1.31. The number of fused-ring (bicyclic) bond motifs is 16. The third kappa shape index (κ3) is 8.68. The fraction of sp³-hybridized carbons (Fsp3) is 0.0588. The summed E-state index contributed by atoms with van der Waals surface area (Å²) < 4.78 is 161. The third-order valence-corrected chi connectivity index (χ3v) is 23.0. The molecule has 16 aromatic carbocycles. The third-order valence-electron chi connectivity index (χ3n) is 23.0. The lowest BCUT2D eigenvalue weighted by Crippen LogP contribution is -2.59. The normalized spacial score (nSPS) is 16.0. The van der Waals surface area contributed by atoms with Crippen molar-refractivity contribution in [3.05, 3.63) is 420 Å². The number of aromatic nitrogens is 2. The molecule has 4 nitrogen and oxygen atoms in total. The lowest BCUT2D eigenvalue weighted by Gasteiger charge is -2.42. The van der Waals surface area contributed by atoms with Gasteiger partial charge in [0.15, 0.2) is 0 Å². The maximum atomic E-state index is 9.94. The molecule has 2 aliphatic heterocycles. The molecule has 0 atom stereocenters. The van der Waals surface area contributed by atoms with Gasteiger partial charge < -0.3 is 18.8 Å². The van der Waals surface area contributed by atoms with Crippen LogP contribution in [0.2, 0.25) is 0 Å². The van der Waals surface area contributed by atoms with Gasteiger partial charge in [0.25, 0.3) is 6.71 Å². The summed E-state index contributed by atoms with van der Waals surface area (Å²) in [5.74, 6) is 0.777. The Morgan fingerprint density at radius 3 is 1.17 bits per heavy atom. The first kappa shape index (κ1) is 47.2. The van der Waals surface area contributed by atoms with E-state index in [9.17, 15) is 13.7 Å². The van der Waals surface area contributed by atoms with Crippen LogP contribution in [0.4, 0.5) is 17.1 Å². The van der Waals surface area contributed by atoms with E-state index >= 15 is 0 Å². The van der Waals surface area contributed by atoms with Crippen molar-refractivity contribution >= 4 is 83.8 Å². The summed E-state index contributed by atoms with van der Waals surface area (Å²) >= 11 is 0. The van der Waals surface area contributed by atoms with Gasteiger partial charge >= 0.3 is 0 Å². The van der Waals surface area contributed by atoms with Gasteiger partial charge in [-0.25, -0.2) is 0 Å². The van der Waals surface area contributed by atoms with Crippen molar-refractivity contribution < 1.29 is 26.7 Å². The summed E-state index contributed by atoms with van der Waals surface area (Å²) in [4.78, 5) is 2.31. The molecule has 2 aliphatic carbocycles. The standard InChI is InChI=1S/C102H70BN3O/c1-100(2,3)71-61-95-98-97(62-71)107-96-64-73(105-92-49-26-20-41-82(92)83-42-21-27-50-93(83)105)54-58-89(96)103(98)88-57-53-72(104-90-47-24-18-39-80(90)81-40-19-25-48-91(81)104)63-94(88)106(95)99-74(65-51-55-78-76-37-16-22-45-84(76)101(86(78)59-65,67-29-8-4-9-30-67)68-31-10-5-11-32-68)43-28-44-75(99)66-52-56-79-77-38-17-23-46-85(77)102(87(79)60-66,69-33-12-6-13-34-69)70-35-14-7-15-36-70/h4-64H,1-3H3/i18D,19D,20D,21D,24D,25D,26D,27D,39D,40D,41D,42D,47D,48D,49D,50D. The smallest absolute Gasteiger partial charge is 0.256 e. The van der Waals surface area contributed by atoms with E-state index in [1.54, 1.807) is 16.7 Å². The first-order valence-corrected chi connectivity index (χ1v) is 36.2. The monoisotopic (exact) mass is 1380 g/mol. The molecule has 2 aromatic heterocycles. The summed E-state index contributed by atoms with van der Waals surface area (Å²) in [6.07, 6.45) is 0. The van der Waals surface area contributed by atoms with Crippen molar-refractivity contribution in [3.63, 3.8) is 0 Å². The van der Waals surface area contributed by atoms with Crippen molar-refractivity contribution in [1.29, 1.82) is 0 Å². The van der Waals surface area contributed by atoms with E-state index in [1.807, 2.05) is 48.5 Å². The van der Waals surface area contributed by atoms with Crippen LogP contribution >= 0.6 is 0 Å². The number of rotatable bonds is 9. The second kappa shape index (κ2) is 23.1. The number of hydrogen-bond acceptors (Lipinski definition) is 2. The summed E-state index contributed by atoms with van der Waals surface area (Å²) in [5.41, 5.74) is 19.2. The molecule has 5 heteroatoms. The number of ether oxygens (including phenoxy) is 1. The van der Waals surface area contributed by atoms with Gasteiger partial charge in [-0.2, -0.15) is 0 Å². The molecule has 4 heterocycles. The van der Waals surface area contributed by atoms with Crippen molar-refractivity contribution in [3.8, 4) is 67.4 Å². The molecule has 0 N–H and O–H groups in total. The van der Waals surface area contributed by atoms with Gasteiger partial charge in [0.2, 0.25) is 0 Å². The molecule has 107 heavy (non-hydrogen) atoms. The van der Waals surface area contributed by atoms with Crippen molar-refractivity contribution in [2.75, 3.05) is 4.90 Å². The zero-order valence-corrected chi connectivity index (χ0v) is 58.3. The second-order valence-electron chi connectivity index (χ2n) is 29.3. The molecule has 0 radical (unpaired) electrons. The Morgan fingerprint density at radius 2 is 0.720 bits per heavy atom. The van der Waals surface area contributed by atoms with Crippen LogP contribution in [0, 0.1) is 0 Å². The summed E-state index contributed by atoms with van der Waals surface area (Å²) in [6.45, 7) is 5.64.